The van der Waals surface area contributed by atoms with Gasteiger partial charge in [0.05, 0.1) is 6.54 Å². The molecule has 0 aliphatic carbocycles. The van der Waals surface area contributed by atoms with Crippen LogP contribution in [0.5, 0.6) is 0 Å². The van der Waals surface area contributed by atoms with E-state index in [0.717, 1.165) is 12.8 Å². The first-order valence-electron chi connectivity index (χ1n) is 4.50. The Morgan fingerprint density at radius 3 is 2.62 bits per heavy atom. The summed E-state index contributed by atoms with van der Waals surface area (Å²) in [6.07, 6.45) is -2.28. The predicted molar refractivity (Wildman–Crippen MR) is 44.3 cm³/mol. The standard InChI is InChI=1S/C8H15F3N2/c9-8(10,11)6-13-3-1-2-7(4-12)5-13/h7H,1-6,12H2/t7-/m0/s1. The smallest absolute Gasteiger partial charge is 0.330 e. The zero-order chi connectivity index (χ0) is 9.90. The van der Waals surface area contributed by atoms with E-state index in [4.69, 9.17) is 5.73 Å². The number of piperidine rings is 1. The Labute approximate surface area is 75.9 Å². The van der Waals surface area contributed by atoms with E-state index in [-0.39, 0.29) is 5.92 Å². The lowest BCUT2D eigenvalue weighted by Crippen LogP contribution is -2.43. The van der Waals surface area contributed by atoms with Crippen molar-refractivity contribution in [3.05, 3.63) is 0 Å². The molecule has 5 heteroatoms. The van der Waals surface area contributed by atoms with Crippen molar-refractivity contribution in [2.45, 2.75) is 19.0 Å². The van der Waals surface area contributed by atoms with Crippen LogP contribution in [0.1, 0.15) is 12.8 Å². The summed E-state index contributed by atoms with van der Waals surface area (Å²) in [5.74, 6) is 0.246. The summed E-state index contributed by atoms with van der Waals surface area (Å²) < 4.78 is 36.0. The van der Waals surface area contributed by atoms with Gasteiger partial charge < -0.3 is 5.73 Å². The van der Waals surface area contributed by atoms with Gasteiger partial charge >= 0.3 is 6.18 Å². The summed E-state index contributed by atoms with van der Waals surface area (Å²) in [5.41, 5.74) is 5.42. The van der Waals surface area contributed by atoms with Gasteiger partial charge in [0.1, 0.15) is 0 Å². The van der Waals surface area contributed by atoms with Crippen molar-refractivity contribution >= 4 is 0 Å². The molecule has 0 amide bonds. The van der Waals surface area contributed by atoms with Crippen LogP contribution in [0.15, 0.2) is 0 Å². The van der Waals surface area contributed by atoms with Crippen LogP contribution < -0.4 is 5.73 Å². The Morgan fingerprint density at radius 1 is 1.38 bits per heavy atom. The van der Waals surface area contributed by atoms with Crippen molar-refractivity contribution in [2.24, 2.45) is 11.7 Å². The van der Waals surface area contributed by atoms with Gasteiger partial charge in [0.2, 0.25) is 0 Å². The predicted octanol–water partition coefficient (Wildman–Crippen LogP) is 1.22. The summed E-state index contributed by atoms with van der Waals surface area (Å²) in [6, 6.07) is 0. The summed E-state index contributed by atoms with van der Waals surface area (Å²) in [4.78, 5) is 1.45. The SMILES string of the molecule is NC[C@@H]1CCCN(CC(F)(F)F)C1. The van der Waals surface area contributed by atoms with Gasteiger partial charge in [0.15, 0.2) is 0 Å². The van der Waals surface area contributed by atoms with Gasteiger partial charge in [-0.1, -0.05) is 0 Å². The molecule has 0 spiro atoms. The van der Waals surface area contributed by atoms with Crippen LogP contribution >= 0.6 is 0 Å². The number of nitrogens with two attached hydrogens (primary N) is 1. The molecule has 1 atom stereocenters. The topological polar surface area (TPSA) is 29.3 Å². The van der Waals surface area contributed by atoms with E-state index in [1.54, 1.807) is 0 Å². The molecule has 0 saturated carbocycles. The summed E-state index contributed by atoms with van der Waals surface area (Å²) in [7, 11) is 0. The highest BCUT2D eigenvalue weighted by Crippen LogP contribution is 2.21. The van der Waals surface area contributed by atoms with Crippen LogP contribution in [0.3, 0.4) is 0 Å². The van der Waals surface area contributed by atoms with E-state index >= 15 is 0 Å². The highest BCUT2D eigenvalue weighted by Gasteiger charge is 2.32. The zero-order valence-electron chi connectivity index (χ0n) is 7.48. The fourth-order valence-corrected chi connectivity index (χ4v) is 1.74. The minimum absolute atomic E-state index is 0.246. The molecule has 0 aromatic rings. The normalized spacial score (nSPS) is 26.3. The minimum Gasteiger partial charge on any atom is -0.330 e. The van der Waals surface area contributed by atoms with E-state index < -0.39 is 12.7 Å². The molecule has 0 unspecified atom stereocenters. The molecule has 1 saturated heterocycles. The van der Waals surface area contributed by atoms with Crippen molar-refractivity contribution < 1.29 is 13.2 Å². The molecule has 1 fully saturated rings. The van der Waals surface area contributed by atoms with E-state index in [2.05, 4.69) is 0 Å². The van der Waals surface area contributed by atoms with E-state index in [0.29, 0.717) is 19.6 Å². The molecular weight excluding hydrogens is 181 g/mol. The number of halogens is 3. The maximum absolute atomic E-state index is 12.0. The third kappa shape index (κ3) is 3.95. The van der Waals surface area contributed by atoms with Crippen LogP contribution in [-0.4, -0.2) is 37.3 Å². The molecule has 0 radical (unpaired) electrons. The van der Waals surface area contributed by atoms with Crippen LogP contribution in [-0.2, 0) is 0 Å². The van der Waals surface area contributed by atoms with Crippen molar-refractivity contribution in [1.82, 2.24) is 4.90 Å². The number of rotatable bonds is 2. The van der Waals surface area contributed by atoms with Crippen molar-refractivity contribution in [3.8, 4) is 0 Å². The molecule has 1 aliphatic rings. The first-order chi connectivity index (χ1) is 6.01. The number of alkyl halides is 3. The van der Waals surface area contributed by atoms with Crippen LogP contribution in [0.2, 0.25) is 0 Å². The van der Waals surface area contributed by atoms with E-state index in [1.165, 1.54) is 4.90 Å². The molecule has 1 aliphatic heterocycles. The third-order valence-electron chi connectivity index (χ3n) is 2.34. The van der Waals surface area contributed by atoms with Gasteiger partial charge in [-0.25, -0.2) is 0 Å². The van der Waals surface area contributed by atoms with Crippen molar-refractivity contribution in [2.75, 3.05) is 26.2 Å². The second-order valence-electron chi connectivity index (χ2n) is 3.59. The minimum atomic E-state index is -4.07. The number of hydrogen-bond donors (Lipinski definition) is 1. The van der Waals surface area contributed by atoms with Gasteiger partial charge in [-0.15, -0.1) is 0 Å². The van der Waals surface area contributed by atoms with Gasteiger partial charge in [-0.05, 0) is 31.8 Å². The fraction of sp³-hybridized carbons (Fsp3) is 1.00. The second kappa shape index (κ2) is 4.28. The fourth-order valence-electron chi connectivity index (χ4n) is 1.74. The van der Waals surface area contributed by atoms with E-state index in [9.17, 15) is 13.2 Å². The van der Waals surface area contributed by atoms with Gasteiger partial charge in [0.25, 0.3) is 0 Å². The molecular formula is C8H15F3N2. The third-order valence-corrected chi connectivity index (χ3v) is 2.34. The lowest BCUT2D eigenvalue weighted by molar-refractivity contribution is -0.149. The molecule has 1 heterocycles. The zero-order valence-corrected chi connectivity index (χ0v) is 7.48. The number of likely N-dealkylation sites (tertiary alicyclic amines) is 1. The first kappa shape index (κ1) is 10.8. The van der Waals surface area contributed by atoms with Gasteiger partial charge in [-0.3, -0.25) is 4.90 Å². The first-order valence-corrected chi connectivity index (χ1v) is 4.50. The molecule has 2 N–H and O–H groups in total. The molecule has 1 rings (SSSR count). The van der Waals surface area contributed by atoms with Crippen molar-refractivity contribution in [3.63, 3.8) is 0 Å². The lowest BCUT2D eigenvalue weighted by Gasteiger charge is -2.32. The Hall–Kier alpha value is -0.290. The number of hydrogen-bond acceptors (Lipinski definition) is 2. The maximum Gasteiger partial charge on any atom is 0.401 e. The Morgan fingerprint density at radius 2 is 2.08 bits per heavy atom. The largest absolute Gasteiger partial charge is 0.401 e. The highest BCUT2D eigenvalue weighted by atomic mass is 19.4. The summed E-state index contributed by atoms with van der Waals surface area (Å²) in [5, 5.41) is 0. The summed E-state index contributed by atoms with van der Waals surface area (Å²) >= 11 is 0. The maximum atomic E-state index is 12.0. The highest BCUT2D eigenvalue weighted by molar-refractivity contribution is 4.75. The molecule has 78 valence electrons. The molecule has 2 nitrogen and oxygen atoms in total. The van der Waals surface area contributed by atoms with Crippen LogP contribution in [0.25, 0.3) is 0 Å². The molecule has 13 heavy (non-hydrogen) atoms. The average Bonchev–Trinajstić information content (AvgIpc) is 2.01. The Balaban J connectivity index is 2.34. The second-order valence-corrected chi connectivity index (χ2v) is 3.59. The monoisotopic (exact) mass is 196 g/mol. The van der Waals surface area contributed by atoms with Gasteiger partial charge in [-0.2, -0.15) is 13.2 Å². The average molecular weight is 196 g/mol. The van der Waals surface area contributed by atoms with Crippen LogP contribution in [0, 0.1) is 5.92 Å². The Bertz CT molecular complexity index is 158. The Kier molecular flexibility index (Phi) is 3.55. The lowest BCUT2D eigenvalue weighted by atomic mass is 9.98. The number of nitrogens with zero attached hydrogens (tertiary/aromatic N) is 1. The van der Waals surface area contributed by atoms with Crippen LogP contribution in [0.4, 0.5) is 13.2 Å². The molecule has 0 aromatic carbocycles. The quantitative estimate of drug-likeness (QED) is 0.719. The molecule has 0 aromatic heterocycles. The van der Waals surface area contributed by atoms with Crippen molar-refractivity contribution in [1.29, 1.82) is 0 Å². The van der Waals surface area contributed by atoms with Gasteiger partial charge in [0, 0.05) is 6.54 Å². The van der Waals surface area contributed by atoms with E-state index in [1.807, 2.05) is 0 Å². The summed E-state index contributed by atoms with van der Waals surface area (Å²) in [6.45, 7) is 0.754. The molecule has 0 bridgehead atoms.